The first-order chi connectivity index (χ1) is 47.2. The molecule has 26 heteroatoms. The highest BCUT2D eigenvalue weighted by atomic mass is 16.6. The summed E-state index contributed by atoms with van der Waals surface area (Å²) in [7, 11) is 0. The summed E-state index contributed by atoms with van der Waals surface area (Å²) in [5.74, 6) is -8.82. The van der Waals surface area contributed by atoms with Crippen molar-refractivity contribution in [2.24, 2.45) is 0 Å². The van der Waals surface area contributed by atoms with Gasteiger partial charge in [-0.2, -0.15) is 0 Å². The summed E-state index contributed by atoms with van der Waals surface area (Å²) in [6.45, 7) is 49.1. The third kappa shape index (κ3) is 50.1. The molecule has 0 heterocycles. The first-order valence-corrected chi connectivity index (χ1v) is 37.0. The van der Waals surface area contributed by atoms with E-state index in [1.165, 1.54) is 0 Å². The van der Waals surface area contributed by atoms with Crippen LogP contribution in [-0.2, 0) is 105 Å². The van der Waals surface area contributed by atoms with Crippen LogP contribution in [0.25, 0.3) is 0 Å². The molecule has 4 amide bonds. The molecule has 0 aromatic rings. The van der Waals surface area contributed by atoms with Crippen LogP contribution < -0.4 is 21.3 Å². The molecule has 0 aromatic heterocycles. The Hall–Kier alpha value is -7.15. The van der Waals surface area contributed by atoms with Gasteiger partial charge in [-0.25, -0.2) is 0 Å². The van der Waals surface area contributed by atoms with Gasteiger partial charge in [-0.1, -0.05) is 6.58 Å². The molecule has 0 aliphatic rings. The fraction of sp³-hybridized carbons (Fsp3) is 0.810. The molecule has 4 N–H and O–H groups in total. The number of esters is 9. The summed E-state index contributed by atoms with van der Waals surface area (Å²) in [6.07, 6.45) is -5.78. The van der Waals surface area contributed by atoms with Gasteiger partial charge in [-0.05, 0) is 270 Å². The molecule has 26 nitrogen and oxygen atoms in total. The summed E-state index contributed by atoms with van der Waals surface area (Å²) < 4.78 is 51.2. The van der Waals surface area contributed by atoms with E-state index in [0.717, 1.165) is 6.08 Å². The van der Waals surface area contributed by atoms with Crippen molar-refractivity contribution in [1.82, 2.24) is 21.3 Å². The molecule has 0 aliphatic carbocycles. The van der Waals surface area contributed by atoms with Crippen LogP contribution in [0.5, 0.6) is 0 Å². The minimum Gasteiger partial charge on any atom is -0.460 e. The second-order valence-corrected chi connectivity index (χ2v) is 36.7. The topological polar surface area (TPSA) is 353 Å². The van der Waals surface area contributed by atoms with E-state index in [4.69, 9.17) is 42.6 Å². The van der Waals surface area contributed by atoms with Gasteiger partial charge in [0.1, 0.15) is 50.4 Å². The maximum atomic E-state index is 15.2. The van der Waals surface area contributed by atoms with Crippen LogP contribution in [0.1, 0.15) is 341 Å². The Labute approximate surface area is 627 Å². The average molecular weight is 1490 g/mol. The summed E-state index contributed by atoms with van der Waals surface area (Å²) in [5.41, 5.74) is -14.7. The molecule has 0 saturated carbocycles. The minimum atomic E-state index is -1.76. The normalized spacial score (nSPS) is 13.0. The van der Waals surface area contributed by atoms with Gasteiger partial charge in [-0.15, -0.1) is 0 Å². The second-order valence-electron chi connectivity index (χ2n) is 36.7. The van der Waals surface area contributed by atoms with Crippen molar-refractivity contribution in [3.8, 4) is 0 Å². The lowest BCUT2D eigenvalue weighted by Crippen LogP contribution is -2.54. The number of amides is 4. The van der Waals surface area contributed by atoms with Crippen LogP contribution in [0.15, 0.2) is 12.7 Å². The highest BCUT2D eigenvalue weighted by Crippen LogP contribution is 2.35. The Morgan fingerprint density at radius 3 is 0.438 bits per heavy atom. The number of nitrogens with one attached hydrogen (secondary N) is 4. The number of ether oxygens (including phenoxy) is 9. The van der Waals surface area contributed by atoms with Gasteiger partial charge in [0.2, 0.25) is 23.6 Å². The number of carbonyl (C=O) groups is 13. The molecule has 0 atom stereocenters. The Morgan fingerprint density at radius 1 is 0.210 bits per heavy atom. The number of hydrogen-bond acceptors (Lipinski definition) is 22. The maximum Gasteiger partial charge on any atom is 0.306 e. The predicted octanol–water partition coefficient (Wildman–Crippen LogP) is 13.0. The quantitative estimate of drug-likeness (QED) is 0.0251. The van der Waals surface area contributed by atoms with Crippen molar-refractivity contribution < 1.29 is 105 Å². The molecule has 0 saturated heterocycles. The third-order valence-corrected chi connectivity index (χ3v) is 15.3. The molecule has 0 fully saturated rings. The summed E-state index contributed by atoms with van der Waals surface area (Å²) in [6, 6.07) is 0. The zero-order valence-corrected chi connectivity index (χ0v) is 69.2. The smallest absolute Gasteiger partial charge is 0.306 e. The molecule has 604 valence electrons. The van der Waals surface area contributed by atoms with Gasteiger partial charge >= 0.3 is 53.7 Å². The summed E-state index contributed by atoms with van der Waals surface area (Å²) in [4.78, 5) is 182. The van der Waals surface area contributed by atoms with E-state index in [-0.39, 0.29) is 135 Å². The van der Waals surface area contributed by atoms with E-state index >= 15 is 14.4 Å². The van der Waals surface area contributed by atoms with Crippen molar-refractivity contribution >= 4 is 77.4 Å². The van der Waals surface area contributed by atoms with Gasteiger partial charge in [0.15, 0.2) is 0 Å². The highest BCUT2D eigenvalue weighted by molar-refractivity contribution is 5.88. The lowest BCUT2D eigenvalue weighted by atomic mass is 9.80. The Kier molecular flexibility index (Phi) is 37.9. The summed E-state index contributed by atoms with van der Waals surface area (Å²) >= 11 is 0. The zero-order chi connectivity index (χ0) is 81.9. The van der Waals surface area contributed by atoms with E-state index in [9.17, 15) is 47.9 Å². The van der Waals surface area contributed by atoms with Gasteiger partial charge < -0.3 is 63.9 Å². The van der Waals surface area contributed by atoms with Crippen LogP contribution in [0.4, 0.5) is 0 Å². The van der Waals surface area contributed by atoms with E-state index in [1.807, 2.05) is 0 Å². The van der Waals surface area contributed by atoms with E-state index in [1.54, 1.807) is 187 Å². The number of rotatable bonds is 41. The molecule has 0 aliphatic heterocycles. The van der Waals surface area contributed by atoms with Gasteiger partial charge in [0.05, 0.1) is 0 Å². The van der Waals surface area contributed by atoms with E-state index in [2.05, 4.69) is 27.8 Å². The molecule has 0 spiro atoms. The number of carbonyl (C=O) groups excluding carboxylic acids is 13. The van der Waals surface area contributed by atoms with Crippen LogP contribution in [0.3, 0.4) is 0 Å². The molecule has 0 bridgehead atoms. The predicted molar refractivity (Wildman–Crippen MR) is 397 cm³/mol. The van der Waals surface area contributed by atoms with Crippen molar-refractivity contribution in [3.63, 3.8) is 0 Å². The van der Waals surface area contributed by atoms with Crippen LogP contribution in [0.2, 0.25) is 0 Å². The molecular weight excluding hydrogens is 1360 g/mol. The molecule has 105 heavy (non-hydrogen) atoms. The lowest BCUT2D eigenvalue weighted by molar-refractivity contribution is -0.158. The lowest BCUT2D eigenvalue weighted by Gasteiger charge is -2.39. The fourth-order valence-corrected chi connectivity index (χ4v) is 11.3. The fourth-order valence-electron chi connectivity index (χ4n) is 11.3. The zero-order valence-electron chi connectivity index (χ0n) is 69.2. The van der Waals surface area contributed by atoms with Gasteiger partial charge in [-0.3, -0.25) is 62.3 Å². The SMILES string of the molecule is C=CC(=O)NC(CCC(=O)NC(CCC(=O)OC(C)(C)C)(CCC(=O)OC(C)(C)C)CCC(=O)OC(C)(C)C)(CCC(=O)NC(CCC(=O)OC(C)(C)C)(CCC(=O)OC(C)(C)C)CCC(=O)OC(C)(C)C)CCC(=O)NC(CCC(=O)OC(C)(C)C)(CCC(=O)OC(C)(C)C)CCC(=O)OC(C)(C)C. The van der Waals surface area contributed by atoms with E-state index in [0.29, 0.717) is 0 Å². The van der Waals surface area contributed by atoms with Crippen molar-refractivity contribution in [1.29, 1.82) is 0 Å². The van der Waals surface area contributed by atoms with Crippen molar-refractivity contribution in [3.05, 3.63) is 12.7 Å². The Bertz CT molecular complexity index is 2410. The Morgan fingerprint density at radius 2 is 0.324 bits per heavy atom. The first-order valence-electron chi connectivity index (χ1n) is 37.0. The maximum absolute atomic E-state index is 15.2. The average Bonchev–Trinajstić information content (AvgIpc) is 0.831. The monoisotopic (exact) mass is 1490 g/mol. The van der Waals surface area contributed by atoms with Crippen LogP contribution >= 0.6 is 0 Å². The largest absolute Gasteiger partial charge is 0.460 e. The van der Waals surface area contributed by atoms with Gasteiger partial charge in [0.25, 0.3) is 0 Å². The summed E-state index contributed by atoms with van der Waals surface area (Å²) in [5, 5.41) is 12.1. The molecular formula is C79H136N4O22. The minimum absolute atomic E-state index is 0.160. The number of hydrogen-bond donors (Lipinski definition) is 4. The van der Waals surface area contributed by atoms with Gasteiger partial charge in [0, 0.05) is 99.2 Å². The third-order valence-electron chi connectivity index (χ3n) is 15.3. The highest BCUT2D eigenvalue weighted by Gasteiger charge is 2.42. The standard InChI is InChI=1S/C79H136N4O22/c1-29-54(84)80-76(42-30-55(85)81-77(45-33-58(88)97-67(2,3)4,46-34-59(89)98-68(5,6)7)47-35-60(90)99-69(8,9)10,43-31-56(86)82-78(48-36-61(91)100-70(11,12)13,49-37-62(92)101-71(14,15)16)50-38-63(93)102-72(17,18)19)44-32-57(87)83-79(51-39-64(94)103-73(20,21)22,52-40-65(95)104-74(23,24)25)53-41-66(96)105-75(26,27)28/h29H,1,30-53H2,2-28H3,(H,80,84)(H,81,85)(H,82,86)(H,83,87). The van der Waals surface area contributed by atoms with E-state index < -0.39 is 169 Å². The Balaban J connectivity index is 8.94. The van der Waals surface area contributed by atoms with Crippen molar-refractivity contribution in [2.75, 3.05) is 0 Å². The van der Waals surface area contributed by atoms with Crippen molar-refractivity contribution in [2.45, 2.75) is 414 Å². The molecule has 0 radical (unpaired) electrons. The second kappa shape index (κ2) is 40.7. The van der Waals surface area contributed by atoms with Crippen LogP contribution in [-0.4, -0.2) is 150 Å². The molecule has 0 unspecified atom stereocenters. The molecule has 0 aromatic carbocycles. The molecule has 0 rings (SSSR count). The van der Waals surface area contributed by atoms with Crippen LogP contribution in [0, 0.1) is 0 Å². The first kappa shape index (κ1) is 97.8.